The molecule has 0 radical (unpaired) electrons. The summed E-state index contributed by atoms with van der Waals surface area (Å²) < 4.78 is 14.5. The molecule has 1 amide bonds. The van der Waals surface area contributed by atoms with E-state index in [9.17, 15) is 9.18 Å². The molecule has 1 fully saturated rings. The van der Waals surface area contributed by atoms with E-state index in [0.29, 0.717) is 19.0 Å². The maximum absolute atomic E-state index is 13.8. The molecule has 0 aliphatic carbocycles. The van der Waals surface area contributed by atoms with Gasteiger partial charge in [-0.2, -0.15) is 0 Å². The van der Waals surface area contributed by atoms with Crippen LogP contribution in [0.4, 0.5) is 4.39 Å². The van der Waals surface area contributed by atoms with Crippen LogP contribution in [0.25, 0.3) is 0 Å². The molecule has 0 saturated carbocycles. The van der Waals surface area contributed by atoms with Crippen LogP contribution in [-0.4, -0.2) is 37.0 Å². The maximum atomic E-state index is 13.8. The predicted octanol–water partition coefficient (Wildman–Crippen LogP) is 3.05. The van der Waals surface area contributed by atoms with Crippen LogP contribution in [0, 0.1) is 11.7 Å². The number of piperidine rings is 1. The third-order valence-corrected chi connectivity index (χ3v) is 4.26. The standard InChI is InChI=1S/C15H20BrFN2O/c1-2-19(10-11-5-7-18-8-6-11)15(20)13-9-12(16)3-4-14(13)17/h3-4,9,11,18H,2,5-8,10H2,1H3. The van der Waals surface area contributed by atoms with Crippen molar-refractivity contribution in [3.8, 4) is 0 Å². The normalized spacial score (nSPS) is 16.1. The average molecular weight is 343 g/mol. The van der Waals surface area contributed by atoms with Gasteiger partial charge in [0.05, 0.1) is 5.56 Å². The van der Waals surface area contributed by atoms with Crippen molar-refractivity contribution in [3.63, 3.8) is 0 Å². The van der Waals surface area contributed by atoms with Crippen LogP contribution in [0.2, 0.25) is 0 Å². The number of rotatable bonds is 4. The van der Waals surface area contributed by atoms with Gasteiger partial charge in [0.15, 0.2) is 0 Å². The number of amides is 1. The van der Waals surface area contributed by atoms with Gasteiger partial charge in [-0.25, -0.2) is 4.39 Å². The monoisotopic (exact) mass is 342 g/mol. The van der Waals surface area contributed by atoms with Gasteiger partial charge in [0.2, 0.25) is 0 Å². The molecule has 2 rings (SSSR count). The van der Waals surface area contributed by atoms with Gasteiger partial charge in [-0.3, -0.25) is 4.79 Å². The van der Waals surface area contributed by atoms with Gasteiger partial charge < -0.3 is 10.2 Å². The highest BCUT2D eigenvalue weighted by molar-refractivity contribution is 9.10. The first-order valence-electron chi connectivity index (χ1n) is 7.07. The quantitative estimate of drug-likeness (QED) is 0.911. The Morgan fingerprint density at radius 3 is 2.80 bits per heavy atom. The van der Waals surface area contributed by atoms with Crippen LogP contribution in [0.15, 0.2) is 22.7 Å². The number of nitrogens with zero attached hydrogens (tertiary/aromatic N) is 1. The van der Waals surface area contributed by atoms with E-state index in [2.05, 4.69) is 21.2 Å². The molecule has 0 spiro atoms. The first-order chi connectivity index (χ1) is 9.61. The van der Waals surface area contributed by atoms with Crippen molar-refractivity contribution in [2.45, 2.75) is 19.8 Å². The summed E-state index contributed by atoms with van der Waals surface area (Å²) in [6.45, 7) is 5.26. The van der Waals surface area contributed by atoms with Gasteiger partial charge >= 0.3 is 0 Å². The van der Waals surface area contributed by atoms with Crippen LogP contribution in [0.5, 0.6) is 0 Å². The highest BCUT2D eigenvalue weighted by Crippen LogP contribution is 2.19. The maximum Gasteiger partial charge on any atom is 0.256 e. The zero-order valence-corrected chi connectivity index (χ0v) is 13.2. The summed E-state index contributed by atoms with van der Waals surface area (Å²) in [5.74, 6) is -0.165. The second-order valence-electron chi connectivity index (χ2n) is 5.16. The molecule has 110 valence electrons. The molecule has 1 N–H and O–H groups in total. The fourth-order valence-corrected chi connectivity index (χ4v) is 2.92. The third-order valence-electron chi connectivity index (χ3n) is 3.77. The van der Waals surface area contributed by atoms with Crippen LogP contribution in [0.1, 0.15) is 30.1 Å². The molecule has 0 aromatic heterocycles. The molecule has 0 unspecified atom stereocenters. The summed E-state index contributed by atoms with van der Waals surface area (Å²) in [5, 5.41) is 3.31. The Morgan fingerprint density at radius 2 is 2.15 bits per heavy atom. The lowest BCUT2D eigenvalue weighted by molar-refractivity contribution is 0.0722. The molecule has 1 heterocycles. The number of nitrogens with one attached hydrogen (secondary N) is 1. The second kappa shape index (κ2) is 7.18. The van der Waals surface area contributed by atoms with Gasteiger partial charge in [-0.1, -0.05) is 15.9 Å². The van der Waals surface area contributed by atoms with Gasteiger partial charge in [0.25, 0.3) is 5.91 Å². The van der Waals surface area contributed by atoms with Gasteiger partial charge in [0.1, 0.15) is 5.82 Å². The minimum Gasteiger partial charge on any atom is -0.339 e. The van der Waals surface area contributed by atoms with E-state index in [0.717, 1.165) is 30.4 Å². The average Bonchev–Trinajstić information content (AvgIpc) is 2.47. The summed E-state index contributed by atoms with van der Waals surface area (Å²) in [4.78, 5) is 14.2. The van der Waals surface area contributed by atoms with E-state index in [1.54, 1.807) is 17.0 Å². The van der Waals surface area contributed by atoms with E-state index in [4.69, 9.17) is 0 Å². The minimum absolute atomic E-state index is 0.148. The SMILES string of the molecule is CCN(CC1CCNCC1)C(=O)c1cc(Br)ccc1F. The van der Waals surface area contributed by atoms with Crippen LogP contribution >= 0.6 is 15.9 Å². The number of benzene rings is 1. The number of hydrogen-bond acceptors (Lipinski definition) is 2. The minimum atomic E-state index is -0.457. The number of halogens is 2. The fraction of sp³-hybridized carbons (Fsp3) is 0.533. The first kappa shape index (κ1) is 15.4. The number of carbonyl (C=O) groups is 1. The smallest absolute Gasteiger partial charge is 0.256 e. The van der Waals surface area contributed by atoms with Crippen molar-refractivity contribution >= 4 is 21.8 Å². The highest BCUT2D eigenvalue weighted by atomic mass is 79.9. The van der Waals surface area contributed by atoms with Crippen molar-refractivity contribution in [2.75, 3.05) is 26.2 Å². The predicted molar refractivity (Wildman–Crippen MR) is 81.3 cm³/mol. The largest absolute Gasteiger partial charge is 0.339 e. The molecule has 1 aromatic carbocycles. The van der Waals surface area contributed by atoms with E-state index < -0.39 is 5.82 Å². The molecule has 1 aliphatic rings. The molecular weight excluding hydrogens is 323 g/mol. The Hall–Kier alpha value is -0.940. The topological polar surface area (TPSA) is 32.3 Å². The Labute approximate surface area is 127 Å². The molecule has 0 atom stereocenters. The van der Waals surface area contributed by atoms with Crippen molar-refractivity contribution in [2.24, 2.45) is 5.92 Å². The van der Waals surface area contributed by atoms with Crippen LogP contribution in [-0.2, 0) is 0 Å². The van der Waals surface area contributed by atoms with Crippen molar-refractivity contribution < 1.29 is 9.18 Å². The van der Waals surface area contributed by atoms with E-state index in [-0.39, 0.29) is 11.5 Å². The van der Waals surface area contributed by atoms with Gasteiger partial charge in [-0.15, -0.1) is 0 Å². The lowest BCUT2D eigenvalue weighted by Crippen LogP contribution is -2.39. The van der Waals surface area contributed by atoms with Gasteiger partial charge in [0, 0.05) is 17.6 Å². The highest BCUT2D eigenvalue weighted by Gasteiger charge is 2.22. The summed E-state index contributed by atoms with van der Waals surface area (Å²) in [5.41, 5.74) is 0.148. The molecule has 1 aliphatic heterocycles. The Bertz CT molecular complexity index is 475. The summed E-state index contributed by atoms with van der Waals surface area (Å²) in [6.07, 6.45) is 2.15. The lowest BCUT2D eigenvalue weighted by atomic mass is 9.97. The third kappa shape index (κ3) is 3.79. The van der Waals surface area contributed by atoms with Crippen molar-refractivity contribution in [1.82, 2.24) is 10.2 Å². The van der Waals surface area contributed by atoms with Crippen LogP contribution < -0.4 is 5.32 Å². The zero-order chi connectivity index (χ0) is 14.5. The van der Waals surface area contributed by atoms with E-state index in [1.807, 2.05) is 6.92 Å². The molecular formula is C15H20BrFN2O. The Balaban J connectivity index is 2.09. The first-order valence-corrected chi connectivity index (χ1v) is 7.86. The summed E-state index contributed by atoms with van der Waals surface area (Å²) in [6, 6.07) is 4.49. The molecule has 20 heavy (non-hydrogen) atoms. The van der Waals surface area contributed by atoms with Crippen molar-refractivity contribution in [1.29, 1.82) is 0 Å². The molecule has 1 saturated heterocycles. The zero-order valence-electron chi connectivity index (χ0n) is 11.7. The molecule has 3 nitrogen and oxygen atoms in total. The lowest BCUT2D eigenvalue weighted by Gasteiger charge is -2.29. The fourth-order valence-electron chi connectivity index (χ4n) is 2.56. The number of carbonyl (C=O) groups excluding carboxylic acids is 1. The Morgan fingerprint density at radius 1 is 1.45 bits per heavy atom. The Kier molecular flexibility index (Phi) is 5.54. The van der Waals surface area contributed by atoms with E-state index >= 15 is 0 Å². The van der Waals surface area contributed by atoms with Crippen molar-refractivity contribution in [3.05, 3.63) is 34.1 Å². The molecule has 5 heteroatoms. The van der Waals surface area contributed by atoms with Crippen LogP contribution in [0.3, 0.4) is 0 Å². The summed E-state index contributed by atoms with van der Waals surface area (Å²) >= 11 is 3.29. The molecule has 0 bridgehead atoms. The number of hydrogen-bond donors (Lipinski definition) is 1. The summed E-state index contributed by atoms with van der Waals surface area (Å²) in [7, 11) is 0. The molecule has 1 aromatic rings. The second-order valence-corrected chi connectivity index (χ2v) is 6.08. The van der Waals surface area contributed by atoms with E-state index in [1.165, 1.54) is 6.07 Å². The van der Waals surface area contributed by atoms with Gasteiger partial charge in [-0.05, 0) is 57.0 Å².